The van der Waals surface area contributed by atoms with Crippen molar-refractivity contribution in [2.45, 2.75) is 64.6 Å². The van der Waals surface area contributed by atoms with Crippen LogP contribution in [0.4, 0.5) is 5.82 Å². The molecule has 4 atom stereocenters. The van der Waals surface area contributed by atoms with Crippen LogP contribution in [0, 0.1) is 0 Å². The molecule has 3 rings (SSSR count). The highest BCUT2D eigenvalue weighted by atomic mass is 32.2. The van der Waals surface area contributed by atoms with E-state index in [2.05, 4.69) is 15.0 Å². The lowest BCUT2D eigenvalue weighted by Gasteiger charge is -2.24. The molecule has 0 spiro atoms. The summed E-state index contributed by atoms with van der Waals surface area (Å²) in [5, 5.41) is 0. The number of rotatable bonds is 11. The van der Waals surface area contributed by atoms with Gasteiger partial charge in [0, 0.05) is 30.8 Å². The molecule has 13 heteroatoms. The maximum Gasteiger partial charge on any atom is 0.306 e. The zero-order chi connectivity index (χ0) is 24.7. The molecule has 0 unspecified atom stereocenters. The molecule has 1 fully saturated rings. The fourth-order valence-corrected chi connectivity index (χ4v) is 4.24. The molecule has 34 heavy (non-hydrogen) atoms. The van der Waals surface area contributed by atoms with E-state index in [4.69, 9.17) is 24.7 Å². The van der Waals surface area contributed by atoms with E-state index in [1.807, 2.05) is 0 Å². The van der Waals surface area contributed by atoms with Gasteiger partial charge in [0.25, 0.3) is 0 Å². The number of fused-ring (bicyclic) bond motifs is 1. The van der Waals surface area contributed by atoms with Gasteiger partial charge in [-0.05, 0) is 0 Å². The van der Waals surface area contributed by atoms with Gasteiger partial charge in [0.1, 0.15) is 24.6 Å². The first-order valence-electron chi connectivity index (χ1n) is 11.1. The van der Waals surface area contributed by atoms with E-state index in [9.17, 15) is 14.4 Å². The van der Waals surface area contributed by atoms with E-state index < -0.39 is 36.5 Å². The summed E-state index contributed by atoms with van der Waals surface area (Å²) in [7, 11) is 0. The van der Waals surface area contributed by atoms with E-state index in [0.717, 1.165) is 0 Å². The molecule has 12 nitrogen and oxygen atoms in total. The lowest BCUT2D eigenvalue weighted by Crippen LogP contribution is -2.40. The van der Waals surface area contributed by atoms with Crippen molar-refractivity contribution in [1.82, 2.24) is 19.5 Å². The van der Waals surface area contributed by atoms with E-state index >= 15 is 0 Å². The predicted molar refractivity (Wildman–Crippen MR) is 123 cm³/mol. The Kier molecular flexibility index (Phi) is 9.05. The Bertz CT molecular complexity index is 1020. The molecular formula is C21H29N5O7S. The Balaban J connectivity index is 1.85. The summed E-state index contributed by atoms with van der Waals surface area (Å²) in [5.74, 6) is -0.0395. The molecule has 1 saturated heterocycles. The van der Waals surface area contributed by atoms with Crippen molar-refractivity contribution in [1.29, 1.82) is 0 Å². The van der Waals surface area contributed by atoms with Crippen LogP contribution in [0.1, 0.15) is 46.3 Å². The number of ether oxygens (including phenoxy) is 4. The van der Waals surface area contributed by atoms with Crippen molar-refractivity contribution in [3.8, 4) is 0 Å². The maximum atomic E-state index is 12.3. The Morgan fingerprint density at radius 2 is 1.71 bits per heavy atom. The van der Waals surface area contributed by atoms with E-state index in [0.29, 0.717) is 29.1 Å². The highest BCUT2D eigenvalue weighted by Gasteiger charge is 2.50. The molecule has 3 heterocycles. The van der Waals surface area contributed by atoms with Gasteiger partial charge in [0.15, 0.2) is 29.9 Å². The summed E-state index contributed by atoms with van der Waals surface area (Å²) in [6, 6.07) is 0. The SMILES string of the molecule is CCC(=O)OCCSC[C@H]1O[C@@H](n2cnc3c(N)ncnc32)[C@H](OC(=O)CC)[C@@H]1OC(=O)CC. The molecule has 0 aromatic carbocycles. The number of aromatic nitrogens is 4. The fourth-order valence-electron chi connectivity index (χ4n) is 3.38. The predicted octanol–water partition coefficient (Wildman–Crippen LogP) is 1.64. The van der Waals surface area contributed by atoms with Crippen molar-refractivity contribution < 1.29 is 33.3 Å². The molecule has 0 saturated carbocycles. The second-order valence-electron chi connectivity index (χ2n) is 7.41. The Morgan fingerprint density at radius 3 is 2.38 bits per heavy atom. The molecule has 2 aromatic heterocycles. The maximum absolute atomic E-state index is 12.3. The lowest BCUT2D eigenvalue weighted by molar-refractivity contribution is -0.167. The molecular weight excluding hydrogens is 466 g/mol. The van der Waals surface area contributed by atoms with Gasteiger partial charge in [0.05, 0.1) is 6.33 Å². The Hall–Kier alpha value is -2.93. The average Bonchev–Trinajstić information content (AvgIpc) is 3.41. The summed E-state index contributed by atoms with van der Waals surface area (Å²) < 4.78 is 24.3. The van der Waals surface area contributed by atoms with Gasteiger partial charge in [0.2, 0.25) is 0 Å². The number of hydrogen-bond donors (Lipinski definition) is 1. The number of nitrogens with zero attached hydrogens (tertiary/aromatic N) is 4. The topological polar surface area (TPSA) is 158 Å². The molecule has 0 bridgehead atoms. The number of thioether (sulfide) groups is 1. The van der Waals surface area contributed by atoms with Crippen LogP contribution in [0.15, 0.2) is 12.7 Å². The van der Waals surface area contributed by atoms with Crippen LogP contribution in [-0.2, 0) is 33.3 Å². The van der Waals surface area contributed by atoms with E-state index in [-0.39, 0.29) is 31.2 Å². The lowest BCUT2D eigenvalue weighted by atomic mass is 10.1. The minimum Gasteiger partial charge on any atom is -0.465 e. The summed E-state index contributed by atoms with van der Waals surface area (Å²) in [6.07, 6.45) is 0.148. The summed E-state index contributed by atoms with van der Waals surface area (Å²) in [5.41, 5.74) is 6.69. The van der Waals surface area contributed by atoms with Gasteiger partial charge in [-0.15, -0.1) is 0 Å². The average molecular weight is 496 g/mol. The molecule has 0 radical (unpaired) electrons. The fraction of sp³-hybridized carbons (Fsp3) is 0.619. The minimum absolute atomic E-state index is 0.139. The highest BCUT2D eigenvalue weighted by molar-refractivity contribution is 7.99. The number of anilines is 1. The quantitative estimate of drug-likeness (QED) is 0.273. The van der Waals surface area contributed by atoms with Gasteiger partial charge in [-0.2, -0.15) is 11.8 Å². The van der Waals surface area contributed by atoms with E-state index in [1.54, 1.807) is 25.3 Å². The second kappa shape index (κ2) is 12.0. The van der Waals surface area contributed by atoms with Gasteiger partial charge in [-0.3, -0.25) is 19.0 Å². The number of imidazole rings is 1. The second-order valence-corrected chi connectivity index (χ2v) is 8.56. The summed E-state index contributed by atoms with van der Waals surface area (Å²) in [4.78, 5) is 48.2. The van der Waals surface area contributed by atoms with Gasteiger partial charge >= 0.3 is 17.9 Å². The first-order valence-corrected chi connectivity index (χ1v) is 12.3. The first kappa shape index (κ1) is 25.7. The third kappa shape index (κ3) is 5.95. The first-order chi connectivity index (χ1) is 16.4. The van der Waals surface area contributed by atoms with Crippen molar-refractivity contribution in [3.63, 3.8) is 0 Å². The zero-order valence-corrected chi connectivity index (χ0v) is 20.2. The van der Waals surface area contributed by atoms with Crippen LogP contribution in [-0.4, -0.2) is 73.9 Å². The molecule has 2 aromatic rings. The van der Waals surface area contributed by atoms with E-state index in [1.165, 1.54) is 24.4 Å². The Morgan fingerprint density at radius 1 is 1.03 bits per heavy atom. The zero-order valence-electron chi connectivity index (χ0n) is 19.3. The third-order valence-electron chi connectivity index (χ3n) is 5.12. The number of nitrogens with two attached hydrogens (primary N) is 1. The number of carbonyl (C=O) groups is 3. The van der Waals surface area contributed by atoms with Crippen LogP contribution in [0.25, 0.3) is 11.2 Å². The molecule has 186 valence electrons. The van der Waals surface area contributed by atoms with Crippen molar-refractivity contribution in [2.75, 3.05) is 23.8 Å². The van der Waals surface area contributed by atoms with Gasteiger partial charge in [-0.25, -0.2) is 15.0 Å². The monoisotopic (exact) mass is 495 g/mol. The third-order valence-corrected chi connectivity index (χ3v) is 6.14. The Labute approximate surface area is 200 Å². The van der Waals surface area contributed by atoms with Crippen LogP contribution >= 0.6 is 11.8 Å². The highest BCUT2D eigenvalue weighted by Crippen LogP contribution is 2.37. The van der Waals surface area contributed by atoms with Gasteiger partial charge < -0.3 is 24.7 Å². The number of carbonyl (C=O) groups excluding carboxylic acids is 3. The van der Waals surface area contributed by atoms with Crippen LogP contribution in [0.2, 0.25) is 0 Å². The molecule has 0 amide bonds. The molecule has 2 N–H and O–H groups in total. The molecule has 1 aliphatic heterocycles. The number of nitrogen functional groups attached to an aromatic ring is 1. The van der Waals surface area contributed by atoms with Crippen LogP contribution in [0.3, 0.4) is 0 Å². The summed E-state index contributed by atoms with van der Waals surface area (Å²) in [6.45, 7) is 5.33. The minimum atomic E-state index is -0.931. The largest absolute Gasteiger partial charge is 0.465 e. The van der Waals surface area contributed by atoms with Crippen molar-refractivity contribution >= 4 is 46.7 Å². The number of hydrogen-bond acceptors (Lipinski definition) is 12. The van der Waals surface area contributed by atoms with Crippen LogP contribution < -0.4 is 5.73 Å². The number of esters is 3. The molecule has 0 aliphatic carbocycles. The standard InChI is InChI=1S/C21H29N5O7S/c1-4-13(27)30-7-8-34-9-12-17(32-14(28)5-2)18(33-15(29)6-3)21(31-12)26-11-25-16-19(22)23-10-24-20(16)26/h10-12,17-18,21H,4-9H2,1-3H3,(H2,22,23,24)/t12-,17-,18-,21-/m1/s1. The van der Waals surface area contributed by atoms with Crippen molar-refractivity contribution in [3.05, 3.63) is 12.7 Å². The van der Waals surface area contributed by atoms with Gasteiger partial charge in [-0.1, -0.05) is 20.8 Å². The van der Waals surface area contributed by atoms with Crippen LogP contribution in [0.5, 0.6) is 0 Å². The normalized spacial score (nSPS) is 22.0. The smallest absolute Gasteiger partial charge is 0.306 e. The van der Waals surface area contributed by atoms with Crippen molar-refractivity contribution in [2.24, 2.45) is 0 Å². The summed E-state index contributed by atoms with van der Waals surface area (Å²) >= 11 is 1.47. The molecule has 1 aliphatic rings.